The molecule has 3 N–H and O–H groups in total. The highest BCUT2D eigenvalue weighted by Crippen LogP contribution is 2.31. The van der Waals surface area contributed by atoms with Crippen molar-refractivity contribution in [2.45, 2.75) is 30.5 Å². The average molecular weight is 510 g/mol. The smallest absolute Gasteiger partial charge is 0.416 e. The Balaban J connectivity index is 1.39. The third-order valence-electron chi connectivity index (χ3n) is 6.74. The number of piperazine rings is 1. The van der Waals surface area contributed by atoms with Crippen molar-refractivity contribution in [3.8, 4) is 5.75 Å². The summed E-state index contributed by atoms with van der Waals surface area (Å²) >= 11 is 0. The van der Waals surface area contributed by atoms with Crippen LogP contribution in [-0.4, -0.2) is 91.8 Å². The van der Waals surface area contributed by atoms with E-state index < -0.39 is 42.0 Å². The molecule has 11 heteroatoms. The number of nitrogens with zero attached hydrogens (tertiary/aromatic N) is 2. The van der Waals surface area contributed by atoms with Crippen LogP contribution in [0.1, 0.15) is 15.9 Å². The molecule has 2 aromatic carbocycles. The van der Waals surface area contributed by atoms with E-state index in [1.165, 1.54) is 0 Å². The van der Waals surface area contributed by atoms with E-state index in [4.69, 9.17) is 9.47 Å². The van der Waals surface area contributed by atoms with Crippen molar-refractivity contribution in [1.82, 2.24) is 10.2 Å². The summed E-state index contributed by atoms with van der Waals surface area (Å²) in [6.45, 7) is 2.25. The number of carbonyl (C=O) groups excluding carboxylic acids is 1. The lowest BCUT2D eigenvalue weighted by atomic mass is 10.0. The molecule has 196 valence electrons. The number of nitrogens with one attached hydrogen (secondary N) is 1. The second-order valence-electron chi connectivity index (χ2n) is 8.86. The van der Waals surface area contributed by atoms with E-state index in [9.17, 15) is 28.2 Å². The van der Waals surface area contributed by atoms with Crippen LogP contribution in [0.25, 0.3) is 0 Å². The Morgan fingerprint density at radius 3 is 2.36 bits per heavy atom. The van der Waals surface area contributed by atoms with Gasteiger partial charge in [0, 0.05) is 38.3 Å². The summed E-state index contributed by atoms with van der Waals surface area (Å²) in [5.74, 6) is 0.230. The Labute approximate surface area is 207 Å². The lowest BCUT2D eigenvalue weighted by Crippen LogP contribution is -2.57. The first-order chi connectivity index (χ1) is 17.2. The fourth-order valence-electron chi connectivity index (χ4n) is 4.85. The molecule has 4 rings (SSSR count). The van der Waals surface area contributed by atoms with Gasteiger partial charge in [-0.15, -0.1) is 0 Å². The largest absolute Gasteiger partial charge is 0.495 e. The van der Waals surface area contributed by atoms with Crippen molar-refractivity contribution in [3.05, 3.63) is 59.7 Å². The molecule has 2 aliphatic rings. The molecule has 2 heterocycles. The molecule has 0 aromatic heterocycles. The van der Waals surface area contributed by atoms with Crippen LogP contribution in [0.2, 0.25) is 0 Å². The summed E-state index contributed by atoms with van der Waals surface area (Å²) in [6.07, 6.45) is -6.84. The zero-order valence-electron chi connectivity index (χ0n) is 19.8. The van der Waals surface area contributed by atoms with Gasteiger partial charge in [-0.1, -0.05) is 12.1 Å². The Kier molecular flexibility index (Phi) is 8.04. The van der Waals surface area contributed by atoms with Crippen molar-refractivity contribution in [2.75, 3.05) is 51.3 Å². The monoisotopic (exact) mass is 509 g/mol. The molecular formula is C25H30F3N3O5. The maximum absolute atomic E-state index is 12.8. The summed E-state index contributed by atoms with van der Waals surface area (Å²) in [7, 11) is 1.62. The number of hydrogen-bond donors (Lipinski definition) is 3. The van der Waals surface area contributed by atoms with Crippen molar-refractivity contribution in [3.63, 3.8) is 0 Å². The van der Waals surface area contributed by atoms with Gasteiger partial charge in [0.05, 0.1) is 37.1 Å². The first-order valence-corrected chi connectivity index (χ1v) is 11.7. The van der Waals surface area contributed by atoms with Crippen LogP contribution >= 0.6 is 0 Å². The summed E-state index contributed by atoms with van der Waals surface area (Å²) in [5, 5.41) is 23.2. The topological polar surface area (TPSA) is 94.5 Å². The summed E-state index contributed by atoms with van der Waals surface area (Å²) in [5.41, 5.74) is 0.234. The van der Waals surface area contributed by atoms with Crippen molar-refractivity contribution in [2.24, 2.45) is 0 Å². The number of aliphatic hydroxyl groups excluding tert-OH is 2. The minimum Gasteiger partial charge on any atom is -0.495 e. The molecule has 2 aromatic rings. The minimum absolute atomic E-state index is 0.0325. The number of halogens is 3. The molecule has 1 amide bonds. The van der Waals surface area contributed by atoms with E-state index in [-0.39, 0.29) is 18.7 Å². The predicted molar refractivity (Wildman–Crippen MR) is 126 cm³/mol. The van der Waals surface area contributed by atoms with Gasteiger partial charge in [-0.3, -0.25) is 9.69 Å². The maximum atomic E-state index is 12.8. The maximum Gasteiger partial charge on any atom is 0.416 e. The Morgan fingerprint density at radius 2 is 1.75 bits per heavy atom. The Bertz CT molecular complexity index is 1030. The van der Waals surface area contributed by atoms with E-state index in [0.29, 0.717) is 26.2 Å². The zero-order valence-corrected chi connectivity index (χ0v) is 19.8. The molecule has 0 spiro atoms. The predicted octanol–water partition coefficient (Wildman–Crippen LogP) is 1.76. The molecule has 2 fully saturated rings. The lowest BCUT2D eigenvalue weighted by Gasteiger charge is -2.41. The van der Waals surface area contributed by atoms with E-state index in [1.54, 1.807) is 7.11 Å². The molecule has 8 nitrogen and oxygen atoms in total. The van der Waals surface area contributed by atoms with Crippen molar-refractivity contribution in [1.29, 1.82) is 0 Å². The molecule has 0 bridgehead atoms. The van der Waals surface area contributed by atoms with Gasteiger partial charge in [-0.05, 0) is 36.4 Å². The molecular weight excluding hydrogens is 479 g/mol. The molecule has 36 heavy (non-hydrogen) atoms. The number of ether oxygens (including phenoxy) is 2. The normalized spacial score (nSPS) is 25.1. The van der Waals surface area contributed by atoms with E-state index in [0.717, 1.165) is 35.7 Å². The van der Waals surface area contributed by atoms with Gasteiger partial charge in [0.1, 0.15) is 18.0 Å². The van der Waals surface area contributed by atoms with E-state index >= 15 is 0 Å². The third-order valence-corrected chi connectivity index (χ3v) is 6.74. The summed E-state index contributed by atoms with van der Waals surface area (Å²) in [6, 6.07) is 11.2. The van der Waals surface area contributed by atoms with E-state index in [1.807, 2.05) is 24.3 Å². The zero-order chi connectivity index (χ0) is 25.9. The number of alkyl halides is 3. The average Bonchev–Trinajstić information content (AvgIpc) is 3.21. The first-order valence-electron chi connectivity index (χ1n) is 11.7. The minimum atomic E-state index is -4.48. The fraction of sp³-hybridized carbons (Fsp3) is 0.480. The highest BCUT2D eigenvalue weighted by molar-refractivity contribution is 5.94. The lowest BCUT2D eigenvalue weighted by molar-refractivity contribution is -0.137. The number of para-hydroxylation sites is 2. The van der Waals surface area contributed by atoms with Crippen LogP contribution in [-0.2, 0) is 10.9 Å². The van der Waals surface area contributed by atoms with Gasteiger partial charge < -0.3 is 29.9 Å². The fourth-order valence-corrected chi connectivity index (χ4v) is 4.85. The third kappa shape index (κ3) is 5.59. The van der Waals surface area contributed by atoms with Crippen LogP contribution in [0, 0.1) is 0 Å². The van der Waals surface area contributed by atoms with Gasteiger partial charge in [-0.25, -0.2) is 0 Å². The van der Waals surface area contributed by atoms with Crippen LogP contribution in [0.15, 0.2) is 48.5 Å². The van der Waals surface area contributed by atoms with Gasteiger partial charge in [0.25, 0.3) is 5.91 Å². The number of anilines is 1. The number of benzene rings is 2. The number of methoxy groups -OCH3 is 1. The molecule has 0 radical (unpaired) electrons. The van der Waals surface area contributed by atoms with Crippen LogP contribution < -0.4 is 15.0 Å². The number of hydrogen-bond acceptors (Lipinski definition) is 7. The molecule has 2 saturated heterocycles. The second-order valence-corrected chi connectivity index (χ2v) is 8.86. The Hall–Kier alpha value is -2.86. The second kappa shape index (κ2) is 11.0. The number of rotatable bonds is 7. The molecule has 0 saturated carbocycles. The van der Waals surface area contributed by atoms with Crippen LogP contribution in [0.3, 0.4) is 0 Å². The molecule has 4 unspecified atom stereocenters. The summed E-state index contributed by atoms with van der Waals surface area (Å²) in [4.78, 5) is 16.8. The van der Waals surface area contributed by atoms with Gasteiger partial charge in [0.15, 0.2) is 0 Å². The van der Waals surface area contributed by atoms with Gasteiger partial charge >= 0.3 is 6.18 Å². The van der Waals surface area contributed by atoms with Crippen LogP contribution in [0.5, 0.6) is 5.75 Å². The summed E-state index contributed by atoms with van der Waals surface area (Å²) < 4.78 is 49.7. The van der Waals surface area contributed by atoms with E-state index in [2.05, 4.69) is 15.1 Å². The highest BCUT2D eigenvalue weighted by Gasteiger charge is 2.47. The molecule has 4 atom stereocenters. The number of carbonyl (C=O) groups is 1. The number of amides is 1. The van der Waals surface area contributed by atoms with Gasteiger partial charge in [-0.2, -0.15) is 13.2 Å². The number of aliphatic hydroxyl groups is 2. The van der Waals surface area contributed by atoms with Crippen molar-refractivity contribution >= 4 is 11.6 Å². The SMILES string of the molecule is COc1ccccc1N1CCN(C2C(CNC(=O)c3ccc(C(F)(F)F)cc3)OC(CO)C2O)CC1. The standard InChI is InChI=1S/C25H30F3N3O5/c1-35-19-5-3-2-4-18(19)30-10-12-31(13-11-30)22-20(36-21(15-32)23(22)33)14-29-24(34)16-6-8-17(9-7-16)25(26,27)28/h2-9,20-23,32-33H,10-15H2,1H3,(H,29,34). The Morgan fingerprint density at radius 1 is 1.08 bits per heavy atom. The van der Waals surface area contributed by atoms with Crippen molar-refractivity contribution < 1.29 is 37.7 Å². The highest BCUT2D eigenvalue weighted by atomic mass is 19.4. The van der Waals surface area contributed by atoms with Gasteiger partial charge in [0.2, 0.25) is 0 Å². The molecule has 0 aliphatic carbocycles. The quantitative estimate of drug-likeness (QED) is 0.524. The first kappa shape index (κ1) is 26.2. The van der Waals surface area contributed by atoms with Crippen LogP contribution in [0.4, 0.5) is 18.9 Å². The molecule has 2 aliphatic heterocycles.